The fourth-order valence-corrected chi connectivity index (χ4v) is 4.94. The van der Waals surface area contributed by atoms with Crippen LogP contribution in [0.4, 0.5) is 5.69 Å². The second-order valence-electron chi connectivity index (χ2n) is 8.59. The molecule has 3 heterocycles. The topological polar surface area (TPSA) is 62.3 Å². The van der Waals surface area contributed by atoms with Crippen molar-refractivity contribution in [2.45, 2.75) is 18.9 Å². The van der Waals surface area contributed by atoms with E-state index in [2.05, 4.69) is 15.9 Å². The number of carbonyl (C=O) groups excluding carboxylic acids is 2. The average Bonchev–Trinajstić information content (AvgIpc) is 3.47. The lowest BCUT2D eigenvalue weighted by Crippen LogP contribution is -2.48. The maximum atomic E-state index is 13.6. The van der Waals surface area contributed by atoms with Gasteiger partial charge in [0.05, 0.1) is 31.0 Å². The summed E-state index contributed by atoms with van der Waals surface area (Å²) in [5, 5.41) is 0. The minimum absolute atomic E-state index is 0.0725. The van der Waals surface area contributed by atoms with Crippen LogP contribution in [0.25, 0.3) is 5.57 Å². The predicted molar refractivity (Wildman–Crippen MR) is 126 cm³/mol. The monoisotopic (exact) mass is 447 g/mol. The van der Waals surface area contributed by atoms with Gasteiger partial charge in [-0.15, -0.1) is 0 Å². The van der Waals surface area contributed by atoms with Crippen LogP contribution in [0.3, 0.4) is 0 Å². The highest BCUT2D eigenvalue weighted by molar-refractivity contribution is 6.35. The quantitative estimate of drug-likeness (QED) is 0.635. The van der Waals surface area contributed by atoms with Gasteiger partial charge in [-0.3, -0.25) is 14.5 Å². The summed E-state index contributed by atoms with van der Waals surface area (Å²) in [4.78, 5) is 32.7. The van der Waals surface area contributed by atoms with Crippen LogP contribution in [0.1, 0.15) is 18.4 Å². The van der Waals surface area contributed by atoms with Crippen molar-refractivity contribution in [3.63, 3.8) is 0 Å². The fraction of sp³-hybridized carbons (Fsp3) is 0.385. The van der Waals surface area contributed by atoms with Crippen LogP contribution < -0.4 is 9.64 Å². The number of hydrogen-bond acceptors (Lipinski definition) is 6. The Labute approximate surface area is 194 Å². The first-order valence-corrected chi connectivity index (χ1v) is 11.6. The first kappa shape index (κ1) is 21.5. The summed E-state index contributed by atoms with van der Waals surface area (Å²) in [6.45, 7) is 3.78. The molecule has 7 heteroatoms. The molecule has 2 aromatic rings. The largest absolute Gasteiger partial charge is 0.495 e. The summed E-state index contributed by atoms with van der Waals surface area (Å²) in [5.41, 5.74) is 2.85. The Morgan fingerprint density at radius 1 is 0.909 bits per heavy atom. The molecular weight excluding hydrogens is 418 g/mol. The number of amides is 2. The van der Waals surface area contributed by atoms with E-state index in [0.717, 1.165) is 42.9 Å². The highest BCUT2D eigenvalue weighted by Crippen LogP contribution is 2.34. The summed E-state index contributed by atoms with van der Waals surface area (Å²) in [6, 6.07) is 17.5. The van der Waals surface area contributed by atoms with Crippen LogP contribution in [0, 0.1) is 0 Å². The Balaban J connectivity index is 1.41. The third-order valence-electron chi connectivity index (χ3n) is 6.64. The van der Waals surface area contributed by atoms with Gasteiger partial charge in [0.25, 0.3) is 11.8 Å². The van der Waals surface area contributed by atoms with Crippen LogP contribution in [-0.2, 0) is 14.3 Å². The molecule has 0 aromatic heterocycles. The molecule has 2 aromatic carbocycles. The van der Waals surface area contributed by atoms with Gasteiger partial charge in [0.15, 0.2) is 0 Å². The Bertz CT molecular complexity index is 1050. The van der Waals surface area contributed by atoms with Gasteiger partial charge >= 0.3 is 0 Å². The second kappa shape index (κ2) is 9.27. The molecular formula is C26H29N3O4. The van der Waals surface area contributed by atoms with Crippen molar-refractivity contribution < 1.29 is 19.1 Å². The van der Waals surface area contributed by atoms with Crippen molar-refractivity contribution in [2.75, 3.05) is 51.3 Å². The van der Waals surface area contributed by atoms with E-state index in [1.54, 1.807) is 7.11 Å². The molecule has 0 spiro atoms. The molecule has 33 heavy (non-hydrogen) atoms. The molecule has 0 saturated carbocycles. The van der Waals surface area contributed by atoms with Crippen molar-refractivity contribution in [1.29, 1.82) is 0 Å². The summed E-state index contributed by atoms with van der Waals surface area (Å²) in [7, 11) is 1.68. The molecule has 0 bridgehead atoms. The van der Waals surface area contributed by atoms with Crippen LogP contribution in [0.2, 0.25) is 0 Å². The van der Waals surface area contributed by atoms with E-state index in [9.17, 15) is 9.59 Å². The number of para-hydroxylation sites is 2. The Kier molecular flexibility index (Phi) is 6.05. The highest BCUT2D eigenvalue weighted by atomic mass is 16.5. The van der Waals surface area contributed by atoms with Gasteiger partial charge in [-0.2, -0.15) is 0 Å². The molecule has 5 rings (SSSR count). The molecule has 3 aliphatic heterocycles. The average molecular weight is 448 g/mol. The molecule has 2 saturated heterocycles. The van der Waals surface area contributed by atoms with Gasteiger partial charge in [0.1, 0.15) is 11.4 Å². The van der Waals surface area contributed by atoms with Crippen molar-refractivity contribution in [2.24, 2.45) is 0 Å². The van der Waals surface area contributed by atoms with Gasteiger partial charge in [-0.25, -0.2) is 0 Å². The molecule has 1 unspecified atom stereocenters. The van der Waals surface area contributed by atoms with Crippen LogP contribution in [0.15, 0.2) is 60.3 Å². The van der Waals surface area contributed by atoms with Crippen molar-refractivity contribution in [1.82, 2.24) is 9.80 Å². The Hall–Kier alpha value is -3.32. The van der Waals surface area contributed by atoms with E-state index in [1.807, 2.05) is 48.5 Å². The number of carbonyl (C=O) groups is 2. The number of ether oxygens (including phenoxy) is 2. The summed E-state index contributed by atoms with van der Waals surface area (Å²) in [6.07, 6.45) is 1.78. The van der Waals surface area contributed by atoms with Crippen LogP contribution in [-0.4, -0.2) is 74.2 Å². The number of piperazine rings is 1. The van der Waals surface area contributed by atoms with Crippen LogP contribution in [0.5, 0.6) is 5.75 Å². The normalized spacial score (nSPS) is 21.4. The third-order valence-corrected chi connectivity index (χ3v) is 6.64. The molecule has 0 aliphatic carbocycles. The minimum Gasteiger partial charge on any atom is -0.495 e. The first-order chi connectivity index (χ1) is 16.2. The summed E-state index contributed by atoms with van der Waals surface area (Å²) >= 11 is 0. The molecule has 1 atom stereocenters. The first-order valence-electron chi connectivity index (χ1n) is 11.6. The van der Waals surface area contributed by atoms with Gasteiger partial charge in [0.2, 0.25) is 0 Å². The number of imide groups is 1. The molecule has 7 nitrogen and oxygen atoms in total. The van der Waals surface area contributed by atoms with E-state index >= 15 is 0 Å². The van der Waals surface area contributed by atoms with E-state index < -0.39 is 0 Å². The maximum Gasteiger partial charge on any atom is 0.277 e. The number of hydrogen-bond donors (Lipinski definition) is 0. The molecule has 172 valence electrons. The Morgan fingerprint density at radius 2 is 1.61 bits per heavy atom. The van der Waals surface area contributed by atoms with Gasteiger partial charge in [-0.1, -0.05) is 42.5 Å². The lowest BCUT2D eigenvalue weighted by Gasteiger charge is -2.38. The van der Waals surface area contributed by atoms with Crippen molar-refractivity contribution in [3.8, 4) is 5.75 Å². The highest BCUT2D eigenvalue weighted by Gasteiger charge is 2.43. The predicted octanol–water partition coefficient (Wildman–Crippen LogP) is 2.78. The van der Waals surface area contributed by atoms with Gasteiger partial charge in [0, 0.05) is 32.8 Å². The number of rotatable bonds is 6. The fourth-order valence-electron chi connectivity index (χ4n) is 4.94. The lowest BCUT2D eigenvalue weighted by atomic mass is 10.0. The zero-order valence-corrected chi connectivity index (χ0v) is 18.9. The molecule has 0 radical (unpaired) electrons. The zero-order valence-electron chi connectivity index (χ0n) is 18.9. The van der Waals surface area contributed by atoms with Crippen molar-refractivity contribution >= 4 is 23.1 Å². The van der Waals surface area contributed by atoms with Crippen LogP contribution >= 0.6 is 0 Å². The second-order valence-corrected chi connectivity index (χ2v) is 8.59. The molecule has 2 fully saturated rings. The minimum atomic E-state index is -0.219. The SMILES string of the molecule is COc1ccccc1N1CCN(C2=C(c3ccccc3)C(=O)N(CC3CCCO3)C2=O)CC1. The number of methoxy groups -OCH3 is 1. The standard InChI is InChI=1S/C26H29N3O4/c1-32-22-12-6-5-11-21(22)27-13-15-28(16-14-27)24-23(19-8-3-2-4-9-19)25(30)29(26(24)31)18-20-10-7-17-33-20/h2-6,8-9,11-12,20H,7,10,13-18H2,1H3. The molecule has 2 amide bonds. The molecule has 3 aliphatic rings. The van der Waals surface area contributed by atoms with E-state index in [1.165, 1.54) is 4.90 Å². The number of anilines is 1. The van der Waals surface area contributed by atoms with Gasteiger partial charge < -0.3 is 19.3 Å². The summed E-state index contributed by atoms with van der Waals surface area (Å²) < 4.78 is 11.2. The summed E-state index contributed by atoms with van der Waals surface area (Å²) in [5.74, 6) is 0.411. The maximum absolute atomic E-state index is 13.6. The lowest BCUT2D eigenvalue weighted by molar-refractivity contribution is -0.139. The Morgan fingerprint density at radius 3 is 2.30 bits per heavy atom. The van der Waals surface area contributed by atoms with Crippen molar-refractivity contribution in [3.05, 3.63) is 65.9 Å². The van der Waals surface area contributed by atoms with E-state index in [0.29, 0.717) is 37.5 Å². The van der Waals surface area contributed by atoms with E-state index in [-0.39, 0.29) is 17.9 Å². The van der Waals surface area contributed by atoms with E-state index in [4.69, 9.17) is 9.47 Å². The van der Waals surface area contributed by atoms with Gasteiger partial charge in [-0.05, 0) is 30.5 Å². The smallest absolute Gasteiger partial charge is 0.277 e. The zero-order chi connectivity index (χ0) is 22.8. The number of nitrogens with zero attached hydrogens (tertiary/aromatic N) is 3. The molecule has 0 N–H and O–H groups in total. The number of benzene rings is 2. The third kappa shape index (κ3) is 4.09.